The minimum atomic E-state index is 0.969. The Hall–Kier alpha value is -1.11. The third kappa shape index (κ3) is 8.14. The van der Waals surface area contributed by atoms with Crippen molar-refractivity contribution in [3.8, 4) is 0 Å². The molecule has 1 aromatic rings. The molecular weight excluding hydrogens is 242 g/mol. The standard InChI is InChI=1S/C19H31N/c1-3-5-6-7-8-9-10-11-12-13-14-18-15-16-19(4-2)20-17-18/h4,15-17H,2-3,5-14H2,1H3. The van der Waals surface area contributed by atoms with Crippen molar-refractivity contribution >= 4 is 6.08 Å². The Bertz CT molecular complexity index is 339. The first-order chi connectivity index (χ1) is 9.86. The third-order valence-electron chi connectivity index (χ3n) is 3.88. The molecule has 0 atom stereocenters. The Labute approximate surface area is 125 Å². The molecule has 1 nitrogen and oxygen atoms in total. The second-order valence-electron chi connectivity index (χ2n) is 5.73. The highest BCUT2D eigenvalue weighted by Crippen LogP contribution is 2.12. The summed E-state index contributed by atoms with van der Waals surface area (Å²) in [6, 6.07) is 4.23. The molecule has 0 unspecified atom stereocenters. The maximum atomic E-state index is 4.34. The van der Waals surface area contributed by atoms with Gasteiger partial charge in [-0.1, -0.05) is 77.4 Å². The molecule has 20 heavy (non-hydrogen) atoms. The van der Waals surface area contributed by atoms with E-state index in [-0.39, 0.29) is 0 Å². The van der Waals surface area contributed by atoms with Gasteiger partial charge in [0.05, 0.1) is 5.69 Å². The summed E-state index contributed by atoms with van der Waals surface area (Å²) in [5, 5.41) is 0. The van der Waals surface area contributed by atoms with E-state index in [0.29, 0.717) is 0 Å². The van der Waals surface area contributed by atoms with Gasteiger partial charge in [-0.3, -0.25) is 4.98 Å². The first-order valence-corrected chi connectivity index (χ1v) is 8.44. The van der Waals surface area contributed by atoms with Crippen LogP contribution in [0, 0.1) is 0 Å². The Morgan fingerprint density at radius 3 is 2.00 bits per heavy atom. The van der Waals surface area contributed by atoms with E-state index in [4.69, 9.17) is 0 Å². The molecule has 0 saturated heterocycles. The van der Waals surface area contributed by atoms with Crippen LogP contribution in [0.1, 0.15) is 82.4 Å². The van der Waals surface area contributed by atoms with Crippen LogP contribution in [-0.2, 0) is 6.42 Å². The molecular formula is C19H31N. The summed E-state index contributed by atoms with van der Waals surface area (Å²) >= 11 is 0. The van der Waals surface area contributed by atoms with Crippen LogP contribution in [0.3, 0.4) is 0 Å². The lowest BCUT2D eigenvalue weighted by Gasteiger charge is -2.03. The molecule has 0 aromatic carbocycles. The molecule has 0 radical (unpaired) electrons. The minimum absolute atomic E-state index is 0.969. The van der Waals surface area contributed by atoms with E-state index in [1.54, 1.807) is 6.08 Å². The molecule has 0 aliphatic rings. The molecule has 0 amide bonds. The smallest absolute Gasteiger partial charge is 0.0623 e. The highest BCUT2D eigenvalue weighted by Gasteiger charge is 1.96. The average molecular weight is 273 g/mol. The van der Waals surface area contributed by atoms with E-state index >= 15 is 0 Å². The van der Waals surface area contributed by atoms with Crippen LogP contribution in [0.4, 0.5) is 0 Å². The molecule has 0 aliphatic carbocycles. The number of aryl methyl sites for hydroxylation is 1. The fourth-order valence-electron chi connectivity index (χ4n) is 2.52. The maximum Gasteiger partial charge on any atom is 0.0623 e. The predicted molar refractivity (Wildman–Crippen MR) is 89.9 cm³/mol. The Morgan fingerprint density at radius 2 is 1.50 bits per heavy atom. The molecule has 0 aliphatic heterocycles. The summed E-state index contributed by atoms with van der Waals surface area (Å²) in [4.78, 5) is 4.34. The normalized spacial score (nSPS) is 10.7. The van der Waals surface area contributed by atoms with Crippen LogP contribution in [0.2, 0.25) is 0 Å². The highest BCUT2D eigenvalue weighted by atomic mass is 14.7. The first kappa shape index (κ1) is 16.9. The number of hydrogen-bond donors (Lipinski definition) is 0. The van der Waals surface area contributed by atoms with Gasteiger partial charge in [-0.05, 0) is 30.5 Å². The van der Waals surface area contributed by atoms with Gasteiger partial charge < -0.3 is 0 Å². The molecule has 0 saturated carbocycles. The van der Waals surface area contributed by atoms with Gasteiger partial charge in [-0.15, -0.1) is 0 Å². The average Bonchev–Trinajstić information content (AvgIpc) is 2.50. The van der Waals surface area contributed by atoms with E-state index < -0.39 is 0 Å². The zero-order valence-corrected chi connectivity index (χ0v) is 13.2. The zero-order valence-electron chi connectivity index (χ0n) is 13.2. The Morgan fingerprint density at radius 1 is 0.900 bits per heavy atom. The summed E-state index contributed by atoms with van der Waals surface area (Å²) in [5.41, 5.74) is 2.33. The molecule has 1 rings (SSSR count). The number of aromatic nitrogens is 1. The van der Waals surface area contributed by atoms with E-state index in [0.717, 1.165) is 5.69 Å². The van der Waals surface area contributed by atoms with E-state index in [2.05, 4.69) is 30.6 Å². The fourth-order valence-corrected chi connectivity index (χ4v) is 2.52. The van der Waals surface area contributed by atoms with E-state index in [9.17, 15) is 0 Å². The molecule has 0 N–H and O–H groups in total. The quantitative estimate of drug-likeness (QED) is 0.414. The van der Waals surface area contributed by atoms with Crippen molar-refractivity contribution < 1.29 is 0 Å². The number of unbranched alkanes of at least 4 members (excludes halogenated alkanes) is 9. The third-order valence-corrected chi connectivity index (χ3v) is 3.88. The molecule has 1 heteroatoms. The topological polar surface area (TPSA) is 12.9 Å². The van der Waals surface area contributed by atoms with Gasteiger partial charge in [0.2, 0.25) is 0 Å². The lowest BCUT2D eigenvalue weighted by molar-refractivity contribution is 0.556. The Balaban J connectivity index is 1.92. The number of pyridine rings is 1. The molecule has 0 bridgehead atoms. The monoisotopic (exact) mass is 273 g/mol. The van der Waals surface area contributed by atoms with Gasteiger partial charge in [0.1, 0.15) is 0 Å². The number of hydrogen-bond acceptors (Lipinski definition) is 1. The minimum Gasteiger partial charge on any atom is -0.257 e. The predicted octanol–water partition coefficient (Wildman–Crippen LogP) is 6.19. The highest BCUT2D eigenvalue weighted by molar-refractivity contribution is 5.41. The van der Waals surface area contributed by atoms with Crippen molar-refractivity contribution in [3.63, 3.8) is 0 Å². The summed E-state index contributed by atoms with van der Waals surface area (Å²) in [6.45, 7) is 6.00. The molecule has 1 aromatic heterocycles. The second kappa shape index (κ2) is 11.7. The van der Waals surface area contributed by atoms with Crippen LogP contribution < -0.4 is 0 Å². The van der Waals surface area contributed by atoms with Crippen LogP contribution >= 0.6 is 0 Å². The maximum absolute atomic E-state index is 4.34. The molecule has 1 heterocycles. The van der Waals surface area contributed by atoms with Gasteiger partial charge in [-0.2, -0.15) is 0 Å². The Kier molecular flexibility index (Phi) is 9.91. The molecule has 0 spiro atoms. The zero-order chi connectivity index (χ0) is 14.5. The van der Waals surface area contributed by atoms with Crippen molar-refractivity contribution in [3.05, 3.63) is 36.2 Å². The van der Waals surface area contributed by atoms with Crippen molar-refractivity contribution in [2.75, 3.05) is 0 Å². The summed E-state index contributed by atoms with van der Waals surface area (Å²) in [7, 11) is 0. The van der Waals surface area contributed by atoms with Gasteiger partial charge in [0, 0.05) is 6.20 Å². The summed E-state index contributed by atoms with van der Waals surface area (Å²) in [5.74, 6) is 0. The van der Waals surface area contributed by atoms with E-state index in [1.165, 1.54) is 76.2 Å². The van der Waals surface area contributed by atoms with Crippen molar-refractivity contribution in [2.45, 2.75) is 77.6 Å². The van der Waals surface area contributed by atoms with Crippen LogP contribution in [0.15, 0.2) is 24.9 Å². The first-order valence-electron chi connectivity index (χ1n) is 8.44. The van der Waals surface area contributed by atoms with E-state index in [1.807, 2.05) is 6.20 Å². The fraction of sp³-hybridized carbons (Fsp3) is 0.632. The molecule has 112 valence electrons. The lowest BCUT2D eigenvalue weighted by Crippen LogP contribution is -1.89. The van der Waals surface area contributed by atoms with Crippen LogP contribution in [0.5, 0.6) is 0 Å². The number of nitrogens with zero attached hydrogens (tertiary/aromatic N) is 1. The SMILES string of the molecule is C=Cc1ccc(CCCCCCCCCCCC)cn1. The molecule has 0 fully saturated rings. The van der Waals surface area contributed by atoms with Gasteiger partial charge in [0.15, 0.2) is 0 Å². The van der Waals surface area contributed by atoms with Crippen molar-refractivity contribution in [1.82, 2.24) is 4.98 Å². The second-order valence-corrected chi connectivity index (χ2v) is 5.73. The summed E-state index contributed by atoms with van der Waals surface area (Å²) in [6.07, 6.45) is 18.9. The van der Waals surface area contributed by atoms with Gasteiger partial charge in [-0.25, -0.2) is 0 Å². The largest absolute Gasteiger partial charge is 0.257 e. The number of rotatable bonds is 12. The van der Waals surface area contributed by atoms with Gasteiger partial charge >= 0.3 is 0 Å². The van der Waals surface area contributed by atoms with Crippen molar-refractivity contribution in [2.24, 2.45) is 0 Å². The van der Waals surface area contributed by atoms with Crippen molar-refractivity contribution in [1.29, 1.82) is 0 Å². The lowest BCUT2D eigenvalue weighted by atomic mass is 10.0. The summed E-state index contributed by atoms with van der Waals surface area (Å²) < 4.78 is 0. The van der Waals surface area contributed by atoms with Gasteiger partial charge in [0.25, 0.3) is 0 Å². The van der Waals surface area contributed by atoms with Crippen LogP contribution in [0.25, 0.3) is 6.08 Å². The van der Waals surface area contributed by atoms with Crippen LogP contribution in [-0.4, -0.2) is 4.98 Å².